The molecule has 0 aromatic heterocycles. The highest BCUT2D eigenvalue weighted by Crippen LogP contribution is 2.39. The van der Waals surface area contributed by atoms with E-state index in [0.717, 1.165) is 11.0 Å². The average molecular weight is 381 g/mol. The highest BCUT2D eigenvalue weighted by molar-refractivity contribution is 7.98. The number of rotatable bonds is 4. The number of nitro benzene ring substituents is 1. The summed E-state index contributed by atoms with van der Waals surface area (Å²) in [5.74, 6) is 0.711. The number of amides is 1. The largest absolute Gasteiger partial charge is 0.486 e. The zero-order valence-electron chi connectivity index (χ0n) is 13.1. The average Bonchev–Trinajstić information content (AvgIpc) is 2.60. The van der Waals surface area contributed by atoms with E-state index < -0.39 is 10.8 Å². The molecular weight excluding hydrogens is 368 g/mol. The summed E-state index contributed by atoms with van der Waals surface area (Å²) in [5, 5.41) is 13.5. The van der Waals surface area contributed by atoms with E-state index in [0.29, 0.717) is 30.4 Å². The van der Waals surface area contributed by atoms with Gasteiger partial charge in [0, 0.05) is 23.1 Å². The van der Waals surface area contributed by atoms with Gasteiger partial charge in [0.15, 0.2) is 11.5 Å². The summed E-state index contributed by atoms with van der Waals surface area (Å²) in [6.07, 6.45) is 1.87. The van der Waals surface area contributed by atoms with Crippen molar-refractivity contribution in [1.29, 1.82) is 0 Å². The van der Waals surface area contributed by atoms with Crippen molar-refractivity contribution in [2.45, 2.75) is 4.90 Å². The molecule has 3 rings (SSSR count). The molecule has 0 bridgehead atoms. The Morgan fingerprint density at radius 1 is 1.24 bits per heavy atom. The number of nitrogens with one attached hydrogen (secondary N) is 1. The van der Waals surface area contributed by atoms with Gasteiger partial charge in [-0.3, -0.25) is 14.9 Å². The minimum atomic E-state index is -0.569. The van der Waals surface area contributed by atoms with Gasteiger partial charge in [-0.05, 0) is 18.4 Å². The summed E-state index contributed by atoms with van der Waals surface area (Å²) in [6.45, 7) is 0.915. The van der Waals surface area contributed by atoms with E-state index in [1.165, 1.54) is 23.9 Å². The number of thioether (sulfide) groups is 1. The highest BCUT2D eigenvalue weighted by atomic mass is 35.5. The molecule has 0 unspecified atom stereocenters. The molecule has 2 aromatic rings. The Labute approximate surface area is 152 Å². The lowest BCUT2D eigenvalue weighted by atomic mass is 10.2. The van der Waals surface area contributed by atoms with Gasteiger partial charge in [0.2, 0.25) is 0 Å². The quantitative estimate of drug-likeness (QED) is 0.490. The van der Waals surface area contributed by atoms with Crippen LogP contribution in [0.15, 0.2) is 35.2 Å². The van der Waals surface area contributed by atoms with Crippen molar-refractivity contribution in [1.82, 2.24) is 0 Å². The lowest BCUT2D eigenvalue weighted by Crippen LogP contribution is -2.17. The fourth-order valence-electron chi connectivity index (χ4n) is 2.33. The standard InChI is InChI=1S/C16H13ClN2O5S/c1-25-15-8-14-13(23-4-5-24-14)7-12(15)18-16(20)10-3-2-9(19(21)22)6-11(10)17/h2-3,6-8H,4-5H2,1H3,(H,18,20). The minimum Gasteiger partial charge on any atom is -0.486 e. The molecule has 0 saturated carbocycles. The van der Waals surface area contributed by atoms with Crippen LogP contribution in [0.2, 0.25) is 5.02 Å². The summed E-state index contributed by atoms with van der Waals surface area (Å²) < 4.78 is 11.1. The predicted octanol–water partition coefficient (Wildman–Crippen LogP) is 3.99. The van der Waals surface area contributed by atoms with Crippen LogP contribution in [-0.4, -0.2) is 30.3 Å². The number of carbonyl (C=O) groups excluding carboxylic acids is 1. The highest BCUT2D eigenvalue weighted by Gasteiger charge is 2.19. The number of non-ortho nitro benzene ring substituents is 1. The number of fused-ring (bicyclic) bond motifs is 1. The molecule has 1 heterocycles. The summed E-state index contributed by atoms with van der Waals surface area (Å²) in [4.78, 5) is 23.5. The Kier molecular flexibility index (Phi) is 5.00. The summed E-state index contributed by atoms with van der Waals surface area (Å²) in [5.41, 5.74) is 0.524. The summed E-state index contributed by atoms with van der Waals surface area (Å²) >= 11 is 7.45. The van der Waals surface area contributed by atoms with Crippen LogP contribution in [0, 0.1) is 10.1 Å². The maximum atomic E-state index is 12.5. The Hall–Kier alpha value is -2.45. The van der Waals surface area contributed by atoms with Crippen molar-refractivity contribution < 1.29 is 19.2 Å². The smallest absolute Gasteiger partial charge is 0.270 e. The monoisotopic (exact) mass is 380 g/mol. The molecule has 1 aliphatic rings. The number of nitrogens with zero attached hydrogens (tertiary/aromatic N) is 1. The Morgan fingerprint density at radius 2 is 1.92 bits per heavy atom. The fraction of sp³-hybridized carbons (Fsp3) is 0.188. The van der Waals surface area contributed by atoms with Crippen molar-refractivity contribution >= 4 is 40.6 Å². The molecular formula is C16H13ClN2O5S. The van der Waals surface area contributed by atoms with Gasteiger partial charge in [-0.15, -0.1) is 11.8 Å². The molecule has 0 atom stereocenters. The zero-order valence-corrected chi connectivity index (χ0v) is 14.6. The Balaban J connectivity index is 1.89. The molecule has 1 aliphatic heterocycles. The maximum Gasteiger partial charge on any atom is 0.270 e. The van der Waals surface area contributed by atoms with E-state index in [2.05, 4.69) is 5.32 Å². The second-order valence-corrected chi connectivity index (χ2v) is 6.33. The number of hydrogen-bond donors (Lipinski definition) is 1. The molecule has 0 saturated heterocycles. The third-order valence-electron chi connectivity index (χ3n) is 3.52. The van der Waals surface area contributed by atoms with E-state index >= 15 is 0 Å². The van der Waals surface area contributed by atoms with E-state index in [4.69, 9.17) is 21.1 Å². The second-order valence-electron chi connectivity index (χ2n) is 5.07. The van der Waals surface area contributed by atoms with Crippen LogP contribution < -0.4 is 14.8 Å². The van der Waals surface area contributed by atoms with Crippen LogP contribution in [-0.2, 0) is 0 Å². The first-order valence-corrected chi connectivity index (χ1v) is 8.83. The Bertz CT molecular complexity index is 859. The normalized spacial score (nSPS) is 12.6. The number of ether oxygens (including phenoxy) is 2. The van der Waals surface area contributed by atoms with Gasteiger partial charge in [-0.1, -0.05) is 11.6 Å². The molecule has 0 spiro atoms. The van der Waals surface area contributed by atoms with Gasteiger partial charge in [0.05, 0.1) is 21.2 Å². The van der Waals surface area contributed by atoms with Gasteiger partial charge >= 0.3 is 0 Å². The van der Waals surface area contributed by atoms with Crippen molar-refractivity contribution in [3.8, 4) is 11.5 Å². The van der Waals surface area contributed by atoms with Crippen molar-refractivity contribution in [3.05, 3.63) is 51.0 Å². The molecule has 25 heavy (non-hydrogen) atoms. The summed E-state index contributed by atoms with van der Waals surface area (Å²) in [6, 6.07) is 7.20. The number of benzene rings is 2. The van der Waals surface area contributed by atoms with Gasteiger partial charge in [0.25, 0.3) is 11.6 Å². The van der Waals surface area contributed by atoms with Crippen LogP contribution in [0.1, 0.15) is 10.4 Å². The number of hydrogen-bond acceptors (Lipinski definition) is 6. The van der Waals surface area contributed by atoms with Crippen LogP contribution in [0.3, 0.4) is 0 Å². The van der Waals surface area contributed by atoms with Crippen LogP contribution >= 0.6 is 23.4 Å². The van der Waals surface area contributed by atoms with Gasteiger partial charge in [-0.25, -0.2) is 0 Å². The van der Waals surface area contributed by atoms with E-state index in [1.54, 1.807) is 12.1 Å². The molecule has 0 radical (unpaired) electrons. The molecule has 2 aromatic carbocycles. The molecule has 1 N–H and O–H groups in total. The van der Waals surface area contributed by atoms with E-state index in [1.807, 2.05) is 6.26 Å². The second kappa shape index (κ2) is 7.20. The van der Waals surface area contributed by atoms with Crippen molar-refractivity contribution in [2.24, 2.45) is 0 Å². The molecule has 0 fully saturated rings. The number of nitro groups is 1. The first kappa shape index (κ1) is 17.4. The topological polar surface area (TPSA) is 90.7 Å². The fourth-order valence-corrected chi connectivity index (χ4v) is 3.14. The third-order valence-corrected chi connectivity index (χ3v) is 4.61. The minimum absolute atomic E-state index is 0.00921. The number of carbonyl (C=O) groups is 1. The predicted molar refractivity (Wildman–Crippen MR) is 95.3 cm³/mol. The summed E-state index contributed by atoms with van der Waals surface area (Å²) in [7, 11) is 0. The lowest BCUT2D eigenvalue weighted by molar-refractivity contribution is -0.384. The van der Waals surface area contributed by atoms with Crippen LogP contribution in [0.4, 0.5) is 11.4 Å². The molecule has 7 nitrogen and oxygen atoms in total. The van der Waals surface area contributed by atoms with Crippen LogP contribution in [0.25, 0.3) is 0 Å². The van der Waals surface area contributed by atoms with Crippen LogP contribution in [0.5, 0.6) is 11.5 Å². The Morgan fingerprint density at radius 3 is 2.52 bits per heavy atom. The first-order valence-electron chi connectivity index (χ1n) is 7.22. The molecule has 0 aliphatic carbocycles. The van der Waals surface area contributed by atoms with Crippen molar-refractivity contribution in [3.63, 3.8) is 0 Å². The number of halogens is 1. The van der Waals surface area contributed by atoms with Gasteiger partial charge in [0.1, 0.15) is 13.2 Å². The zero-order chi connectivity index (χ0) is 18.0. The SMILES string of the molecule is CSc1cc2c(cc1NC(=O)c1ccc([N+](=O)[O-])cc1Cl)OCCO2. The first-order chi connectivity index (χ1) is 12.0. The third kappa shape index (κ3) is 3.64. The van der Waals surface area contributed by atoms with Gasteiger partial charge in [-0.2, -0.15) is 0 Å². The van der Waals surface area contributed by atoms with E-state index in [9.17, 15) is 14.9 Å². The molecule has 9 heteroatoms. The van der Waals surface area contributed by atoms with Crippen molar-refractivity contribution in [2.75, 3.05) is 24.8 Å². The molecule has 1 amide bonds. The van der Waals surface area contributed by atoms with Gasteiger partial charge < -0.3 is 14.8 Å². The lowest BCUT2D eigenvalue weighted by Gasteiger charge is -2.21. The van der Waals surface area contributed by atoms with E-state index in [-0.39, 0.29) is 16.3 Å². The number of anilines is 1. The molecule has 130 valence electrons. The maximum absolute atomic E-state index is 12.5.